The summed E-state index contributed by atoms with van der Waals surface area (Å²) in [5, 5.41) is 5.51. The van der Waals surface area contributed by atoms with E-state index in [1.165, 1.54) is 0 Å². The molecular formula is C21H20N2O4. The van der Waals surface area contributed by atoms with Gasteiger partial charge >= 0.3 is 0 Å². The highest BCUT2D eigenvalue weighted by atomic mass is 16.5. The molecule has 0 atom stereocenters. The number of hydrogen-bond acceptors (Lipinski definition) is 4. The van der Waals surface area contributed by atoms with Crippen molar-refractivity contribution in [2.45, 2.75) is 13.5 Å². The number of benzene rings is 2. The molecule has 0 aliphatic heterocycles. The molecule has 0 aliphatic rings. The van der Waals surface area contributed by atoms with Crippen LogP contribution in [0.3, 0.4) is 0 Å². The van der Waals surface area contributed by atoms with Crippen LogP contribution in [0.2, 0.25) is 0 Å². The molecular weight excluding hydrogens is 344 g/mol. The Morgan fingerprint density at radius 1 is 1.00 bits per heavy atom. The van der Waals surface area contributed by atoms with E-state index in [0.717, 1.165) is 5.56 Å². The van der Waals surface area contributed by atoms with E-state index in [1.54, 1.807) is 42.7 Å². The summed E-state index contributed by atoms with van der Waals surface area (Å²) in [7, 11) is 0. The van der Waals surface area contributed by atoms with Gasteiger partial charge in [-0.1, -0.05) is 18.2 Å². The number of para-hydroxylation sites is 1. The second-order valence-corrected chi connectivity index (χ2v) is 5.94. The van der Waals surface area contributed by atoms with Crippen LogP contribution < -0.4 is 15.4 Å². The van der Waals surface area contributed by atoms with Crippen LogP contribution in [0.25, 0.3) is 0 Å². The Morgan fingerprint density at radius 3 is 2.48 bits per heavy atom. The van der Waals surface area contributed by atoms with E-state index in [-0.39, 0.29) is 18.4 Å². The summed E-state index contributed by atoms with van der Waals surface area (Å²) >= 11 is 0. The van der Waals surface area contributed by atoms with Gasteiger partial charge in [-0.25, -0.2) is 0 Å². The Labute approximate surface area is 157 Å². The number of aryl methyl sites for hydroxylation is 1. The summed E-state index contributed by atoms with van der Waals surface area (Å²) in [5.74, 6) is 0.873. The third-order valence-corrected chi connectivity index (χ3v) is 3.89. The van der Waals surface area contributed by atoms with E-state index < -0.39 is 0 Å². The summed E-state index contributed by atoms with van der Waals surface area (Å²) in [6.07, 6.45) is 1.56. The van der Waals surface area contributed by atoms with Crippen LogP contribution in [0.15, 0.2) is 71.3 Å². The van der Waals surface area contributed by atoms with Crippen LogP contribution in [0.1, 0.15) is 21.7 Å². The molecule has 1 heterocycles. The molecule has 6 heteroatoms. The zero-order valence-corrected chi connectivity index (χ0v) is 14.9. The SMILES string of the molecule is Cc1ccccc1OCC(=O)Nc1ccc(C(=O)NCc2ccco2)cc1. The van der Waals surface area contributed by atoms with Gasteiger partial charge in [-0.05, 0) is 55.0 Å². The van der Waals surface area contributed by atoms with Gasteiger partial charge in [0.2, 0.25) is 0 Å². The molecule has 0 bridgehead atoms. The zero-order valence-electron chi connectivity index (χ0n) is 14.9. The van der Waals surface area contributed by atoms with Gasteiger partial charge in [-0.2, -0.15) is 0 Å². The summed E-state index contributed by atoms with van der Waals surface area (Å²) in [6, 6.07) is 17.7. The van der Waals surface area contributed by atoms with Gasteiger partial charge in [0.1, 0.15) is 11.5 Å². The molecule has 3 rings (SSSR count). The molecule has 3 aromatic rings. The fourth-order valence-electron chi connectivity index (χ4n) is 2.45. The van der Waals surface area contributed by atoms with Crippen LogP contribution in [0, 0.1) is 6.92 Å². The Hall–Kier alpha value is -3.54. The first-order chi connectivity index (χ1) is 13.1. The normalized spacial score (nSPS) is 10.3. The van der Waals surface area contributed by atoms with E-state index in [1.807, 2.05) is 31.2 Å². The maximum atomic E-state index is 12.1. The molecule has 0 spiro atoms. The summed E-state index contributed by atoms with van der Waals surface area (Å²) in [6.45, 7) is 2.15. The minimum atomic E-state index is -0.270. The van der Waals surface area contributed by atoms with Crippen LogP contribution in [-0.4, -0.2) is 18.4 Å². The number of rotatable bonds is 7. The summed E-state index contributed by atoms with van der Waals surface area (Å²) in [4.78, 5) is 24.1. The molecule has 1 aromatic heterocycles. The third kappa shape index (κ3) is 5.22. The standard InChI is InChI=1S/C21H20N2O4/c1-15-5-2-3-7-19(15)27-14-20(24)23-17-10-8-16(9-11-17)21(25)22-13-18-6-4-12-26-18/h2-12H,13-14H2,1H3,(H,22,25)(H,23,24). The van der Waals surface area contributed by atoms with Crippen molar-refractivity contribution in [3.63, 3.8) is 0 Å². The van der Waals surface area contributed by atoms with Gasteiger partial charge < -0.3 is 19.8 Å². The van der Waals surface area contributed by atoms with E-state index in [2.05, 4.69) is 10.6 Å². The maximum absolute atomic E-state index is 12.1. The quantitative estimate of drug-likeness (QED) is 0.672. The topological polar surface area (TPSA) is 80.6 Å². The summed E-state index contributed by atoms with van der Waals surface area (Å²) < 4.78 is 10.7. The lowest BCUT2D eigenvalue weighted by molar-refractivity contribution is -0.118. The van der Waals surface area contributed by atoms with Crippen molar-refractivity contribution in [3.05, 3.63) is 83.8 Å². The number of anilines is 1. The lowest BCUT2D eigenvalue weighted by Crippen LogP contribution is -2.23. The van der Waals surface area contributed by atoms with Crippen molar-refractivity contribution in [2.75, 3.05) is 11.9 Å². The van der Waals surface area contributed by atoms with E-state index >= 15 is 0 Å². The predicted octanol–water partition coefficient (Wildman–Crippen LogP) is 3.54. The van der Waals surface area contributed by atoms with Gasteiger partial charge in [0.05, 0.1) is 12.8 Å². The van der Waals surface area contributed by atoms with E-state index in [9.17, 15) is 9.59 Å². The highest BCUT2D eigenvalue weighted by Crippen LogP contribution is 2.16. The average molecular weight is 364 g/mol. The number of amides is 2. The zero-order chi connectivity index (χ0) is 19.1. The van der Waals surface area contributed by atoms with Crippen LogP contribution in [0.4, 0.5) is 5.69 Å². The Bertz CT molecular complexity index is 902. The van der Waals surface area contributed by atoms with Crippen molar-refractivity contribution in [1.82, 2.24) is 5.32 Å². The molecule has 2 amide bonds. The first-order valence-corrected chi connectivity index (χ1v) is 8.51. The second kappa shape index (κ2) is 8.71. The number of ether oxygens (including phenoxy) is 1. The molecule has 0 saturated carbocycles. The van der Waals surface area contributed by atoms with Crippen molar-refractivity contribution in [1.29, 1.82) is 0 Å². The van der Waals surface area contributed by atoms with Gasteiger partial charge in [0, 0.05) is 11.3 Å². The smallest absolute Gasteiger partial charge is 0.262 e. The monoisotopic (exact) mass is 364 g/mol. The van der Waals surface area contributed by atoms with E-state index in [4.69, 9.17) is 9.15 Å². The minimum Gasteiger partial charge on any atom is -0.483 e. The van der Waals surface area contributed by atoms with Gasteiger partial charge in [0.15, 0.2) is 6.61 Å². The molecule has 0 unspecified atom stereocenters. The third-order valence-electron chi connectivity index (χ3n) is 3.89. The highest BCUT2D eigenvalue weighted by molar-refractivity contribution is 5.96. The van der Waals surface area contributed by atoms with Crippen molar-refractivity contribution >= 4 is 17.5 Å². The molecule has 27 heavy (non-hydrogen) atoms. The van der Waals surface area contributed by atoms with Gasteiger partial charge in [0.25, 0.3) is 11.8 Å². The largest absolute Gasteiger partial charge is 0.483 e. The van der Waals surface area contributed by atoms with Crippen molar-refractivity contribution in [3.8, 4) is 5.75 Å². The first-order valence-electron chi connectivity index (χ1n) is 8.51. The molecule has 2 aromatic carbocycles. The van der Waals surface area contributed by atoms with E-state index in [0.29, 0.717) is 29.3 Å². The molecule has 0 radical (unpaired) electrons. The number of nitrogens with one attached hydrogen (secondary N) is 2. The second-order valence-electron chi connectivity index (χ2n) is 5.94. The van der Waals surface area contributed by atoms with Crippen LogP contribution in [0.5, 0.6) is 5.75 Å². The van der Waals surface area contributed by atoms with Gasteiger partial charge in [-0.3, -0.25) is 9.59 Å². The van der Waals surface area contributed by atoms with Crippen LogP contribution >= 0.6 is 0 Å². The average Bonchev–Trinajstić information content (AvgIpc) is 3.20. The predicted molar refractivity (Wildman–Crippen MR) is 102 cm³/mol. The molecule has 138 valence electrons. The van der Waals surface area contributed by atoms with Crippen molar-refractivity contribution < 1.29 is 18.7 Å². The molecule has 0 aliphatic carbocycles. The Balaban J connectivity index is 1.48. The lowest BCUT2D eigenvalue weighted by atomic mass is 10.2. The summed E-state index contributed by atoms with van der Waals surface area (Å²) in [5.41, 5.74) is 2.06. The molecule has 0 saturated heterocycles. The molecule has 2 N–H and O–H groups in total. The number of carbonyl (C=O) groups is 2. The Kier molecular flexibility index (Phi) is 5.89. The lowest BCUT2D eigenvalue weighted by Gasteiger charge is -2.10. The van der Waals surface area contributed by atoms with Crippen LogP contribution in [-0.2, 0) is 11.3 Å². The number of hydrogen-bond donors (Lipinski definition) is 2. The van der Waals surface area contributed by atoms with Gasteiger partial charge in [-0.15, -0.1) is 0 Å². The molecule has 6 nitrogen and oxygen atoms in total. The minimum absolute atomic E-state index is 0.0871. The first kappa shape index (κ1) is 18.3. The molecule has 0 fully saturated rings. The number of carbonyl (C=O) groups excluding carboxylic acids is 2. The Morgan fingerprint density at radius 2 is 1.78 bits per heavy atom. The van der Waals surface area contributed by atoms with Crippen molar-refractivity contribution in [2.24, 2.45) is 0 Å². The fourth-order valence-corrected chi connectivity index (χ4v) is 2.45. The number of furan rings is 1. The maximum Gasteiger partial charge on any atom is 0.262 e. The highest BCUT2D eigenvalue weighted by Gasteiger charge is 2.08. The fraction of sp³-hybridized carbons (Fsp3) is 0.143.